The first-order valence-corrected chi connectivity index (χ1v) is 6.36. The molecule has 0 spiro atoms. The van der Waals surface area contributed by atoms with Gasteiger partial charge in [-0.05, 0) is 43.3 Å². The number of nitrogens with zero attached hydrogens (tertiary/aromatic N) is 1. The molecule has 1 N–H and O–H groups in total. The van der Waals surface area contributed by atoms with E-state index >= 15 is 0 Å². The molecule has 19 heavy (non-hydrogen) atoms. The maximum atomic E-state index is 13.8. The van der Waals surface area contributed by atoms with Gasteiger partial charge < -0.3 is 10.2 Å². The van der Waals surface area contributed by atoms with E-state index in [0.717, 1.165) is 17.8 Å². The van der Waals surface area contributed by atoms with Crippen molar-refractivity contribution in [2.24, 2.45) is 0 Å². The van der Waals surface area contributed by atoms with Crippen LogP contribution in [-0.2, 0) is 6.54 Å². The molecule has 3 heteroatoms. The fourth-order valence-corrected chi connectivity index (χ4v) is 2.26. The van der Waals surface area contributed by atoms with Crippen molar-refractivity contribution >= 4 is 11.4 Å². The van der Waals surface area contributed by atoms with Gasteiger partial charge in [0, 0.05) is 19.3 Å². The van der Waals surface area contributed by atoms with Gasteiger partial charge >= 0.3 is 0 Å². The van der Waals surface area contributed by atoms with Crippen LogP contribution in [0.3, 0.4) is 0 Å². The standard InChI is InChI=1S/C16H19FN2/c1-12-10-13(11-18-2)8-9-15(12)19(3)16-7-5-4-6-14(16)17/h4-10,18H,11H2,1-3H3. The third-order valence-electron chi connectivity index (χ3n) is 3.22. The van der Waals surface area contributed by atoms with E-state index in [1.807, 2.05) is 38.1 Å². The van der Waals surface area contributed by atoms with Gasteiger partial charge in [0.1, 0.15) is 5.82 Å². The van der Waals surface area contributed by atoms with Crippen molar-refractivity contribution in [2.75, 3.05) is 19.0 Å². The van der Waals surface area contributed by atoms with Gasteiger partial charge in [0.2, 0.25) is 0 Å². The molecule has 0 atom stereocenters. The number of aryl methyl sites for hydroxylation is 1. The molecule has 2 nitrogen and oxygen atoms in total. The summed E-state index contributed by atoms with van der Waals surface area (Å²) in [6.07, 6.45) is 0. The van der Waals surface area contributed by atoms with E-state index in [0.29, 0.717) is 5.69 Å². The predicted molar refractivity (Wildman–Crippen MR) is 78.4 cm³/mol. The fraction of sp³-hybridized carbons (Fsp3) is 0.250. The molecule has 0 radical (unpaired) electrons. The van der Waals surface area contributed by atoms with E-state index in [2.05, 4.69) is 17.4 Å². The van der Waals surface area contributed by atoms with E-state index in [1.54, 1.807) is 12.1 Å². The molecule has 0 aromatic heterocycles. The molecule has 0 bridgehead atoms. The average Bonchev–Trinajstić information content (AvgIpc) is 2.39. The highest BCUT2D eigenvalue weighted by atomic mass is 19.1. The lowest BCUT2D eigenvalue weighted by Crippen LogP contribution is -2.13. The fourth-order valence-electron chi connectivity index (χ4n) is 2.26. The van der Waals surface area contributed by atoms with Crippen LogP contribution in [0.25, 0.3) is 0 Å². The summed E-state index contributed by atoms with van der Waals surface area (Å²) in [6.45, 7) is 2.89. The van der Waals surface area contributed by atoms with E-state index in [-0.39, 0.29) is 5.82 Å². The topological polar surface area (TPSA) is 15.3 Å². The Morgan fingerprint density at radius 3 is 2.47 bits per heavy atom. The van der Waals surface area contributed by atoms with Gasteiger partial charge in [-0.1, -0.05) is 24.3 Å². The first-order chi connectivity index (χ1) is 9.13. The van der Waals surface area contributed by atoms with Crippen LogP contribution in [0.2, 0.25) is 0 Å². The van der Waals surface area contributed by atoms with E-state index < -0.39 is 0 Å². The molecule has 2 rings (SSSR count). The Morgan fingerprint density at radius 2 is 1.84 bits per heavy atom. The number of hydrogen-bond acceptors (Lipinski definition) is 2. The Balaban J connectivity index is 2.34. The van der Waals surface area contributed by atoms with Crippen LogP contribution in [0.4, 0.5) is 15.8 Å². The van der Waals surface area contributed by atoms with Crippen molar-refractivity contribution in [1.82, 2.24) is 5.32 Å². The smallest absolute Gasteiger partial charge is 0.146 e. The van der Waals surface area contributed by atoms with Gasteiger partial charge in [0.25, 0.3) is 0 Å². The summed E-state index contributed by atoms with van der Waals surface area (Å²) in [6, 6.07) is 13.1. The summed E-state index contributed by atoms with van der Waals surface area (Å²) in [5, 5.41) is 3.13. The second-order valence-corrected chi connectivity index (χ2v) is 4.66. The van der Waals surface area contributed by atoms with Crippen molar-refractivity contribution in [3.8, 4) is 0 Å². The quantitative estimate of drug-likeness (QED) is 0.901. The summed E-state index contributed by atoms with van der Waals surface area (Å²) in [5.74, 6) is -0.205. The highest BCUT2D eigenvalue weighted by Gasteiger charge is 2.11. The zero-order chi connectivity index (χ0) is 13.8. The molecule has 0 aliphatic heterocycles. The molecule has 0 fully saturated rings. The van der Waals surface area contributed by atoms with Crippen molar-refractivity contribution in [3.63, 3.8) is 0 Å². The molecule has 0 aliphatic carbocycles. The number of halogens is 1. The van der Waals surface area contributed by atoms with E-state index in [4.69, 9.17) is 0 Å². The van der Waals surface area contributed by atoms with Gasteiger partial charge in [-0.2, -0.15) is 0 Å². The largest absolute Gasteiger partial charge is 0.342 e. The summed E-state index contributed by atoms with van der Waals surface area (Å²) in [5.41, 5.74) is 3.97. The number of rotatable bonds is 4. The second kappa shape index (κ2) is 5.85. The Kier molecular flexibility index (Phi) is 4.17. The number of para-hydroxylation sites is 1. The van der Waals surface area contributed by atoms with Crippen molar-refractivity contribution in [1.29, 1.82) is 0 Å². The molecule has 0 amide bonds. The van der Waals surface area contributed by atoms with Crippen LogP contribution in [0.15, 0.2) is 42.5 Å². The van der Waals surface area contributed by atoms with E-state index in [9.17, 15) is 4.39 Å². The van der Waals surface area contributed by atoms with Crippen molar-refractivity contribution in [3.05, 3.63) is 59.4 Å². The molecule has 0 saturated carbocycles. The first-order valence-electron chi connectivity index (χ1n) is 6.36. The maximum absolute atomic E-state index is 13.8. The van der Waals surface area contributed by atoms with Crippen molar-refractivity contribution in [2.45, 2.75) is 13.5 Å². The molecule has 0 heterocycles. The van der Waals surface area contributed by atoms with Crippen LogP contribution >= 0.6 is 0 Å². The third kappa shape index (κ3) is 2.93. The van der Waals surface area contributed by atoms with Gasteiger partial charge in [0.15, 0.2) is 0 Å². The number of nitrogens with one attached hydrogen (secondary N) is 1. The molecule has 2 aromatic carbocycles. The zero-order valence-corrected chi connectivity index (χ0v) is 11.6. The van der Waals surface area contributed by atoms with Crippen LogP contribution in [0, 0.1) is 12.7 Å². The Bertz CT molecular complexity index is 566. The Labute approximate surface area is 113 Å². The Hall–Kier alpha value is -1.87. The number of anilines is 2. The van der Waals surface area contributed by atoms with Gasteiger partial charge in [-0.25, -0.2) is 4.39 Å². The van der Waals surface area contributed by atoms with E-state index in [1.165, 1.54) is 11.6 Å². The van der Waals surface area contributed by atoms with Gasteiger partial charge in [-0.3, -0.25) is 0 Å². The summed E-state index contributed by atoms with van der Waals surface area (Å²) >= 11 is 0. The summed E-state index contributed by atoms with van der Waals surface area (Å²) in [7, 11) is 3.81. The first kappa shape index (κ1) is 13.6. The molecule has 0 saturated heterocycles. The van der Waals surface area contributed by atoms with Gasteiger partial charge in [0.05, 0.1) is 5.69 Å². The lowest BCUT2D eigenvalue weighted by Gasteiger charge is -2.22. The predicted octanol–water partition coefficient (Wildman–Crippen LogP) is 3.62. The highest BCUT2D eigenvalue weighted by Crippen LogP contribution is 2.29. The second-order valence-electron chi connectivity index (χ2n) is 4.66. The van der Waals surface area contributed by atoms with Gasteiger partial charge in [-0.15, -0.1) is 0 Å². The highest BCUT2D eigenvalue weighted by molar-refractivity contribution is 5.66. The number of hydrogen-bond donors (Lipinski definition) is 1. The van der Waals surface area contributed by atoms with Crippen LogP contribution in [0.1, 0.15) is 11.1 Å². The van der Waals surface area contributed by atoms with Crippen LogP contribution in [-0.4, -0.2) is 14.1 Å². The minimum Gasteiger partial charge on any atom is -0.342 e. The van der Waals surface area contributed by atoms with Crippen LogP contribution in [0.5, 0.6) is 0 Å². The molecule has 100 valence electrons. The SMILES string of the molecule is CNCc1ccc(N(C)c2ccccc2F)c(C)c1. The minimum absolute atomic E-state index is 0.205. The summed E-state index contributed by atoms with van der Waals surface area (Å²) < 4.78 is 13.8. The van der Waals surface area contributed by atoms with Crippen LogP contribution < -0.4 is 10.2 Å². The van der Waals surface area contributed by atoms with Crippen molar-refractivity contribution < 1.29 is 4.39 Å². The monoisotopic (exact) mass is 258 g/mol. The minimum atomic E-state index is -0.205. The number of benzene rings is 2. The third-order valence-corrected chi connectivity index (χ3v) is 3.22. The normalized spacial score (nSPS) is 10.5. The molecular formula is C16H19FN2. The molecular weight excluding hydrogens is 239 g/mol. The summed E-state index contributed by atoms with van der Waals surface area (Å²) in [4.78, 5) is 1.88. The lowest BCUT2D eigenvalue weighted by molar-refractivity contribution is 0.627. The molecule has 0 aliphatic rings. The molecule has 2 aromatic rings. The maximum Gasteiger partial charge on any atom is 0.146 e. The zero-order valence-electron chi connectivity index (χ0n) is 11.6. The average molecular weight is 258 g/mol. The lowest BCUT2D eigenvalue weighted by atomic mass is 10.1. The Morgan fingerprint density at radius 1 is 1.11 bits per heavy atom. The molecule has 0 unspecified atom stereocenters.